The number of carbonyl (C=O) groups is 2. The Kier molecular flexibility index (Phi) is 5.40. The average Bonchev–Trinajstić information content (AvgIpc) is 3.04. The predicted octanol–water partition coefficient (Wildman–Crippen LogP) is 0.241. The fraction of sp³-hybridized carbons (Fsp3) is 0.286. The van der Waals surface area contributed by atoms with E-state index >= 15 is 0 Å². The molecule has 1 amide bonds. The lowest BCUT2D eigenvalue weighted by molar-refractivity contribution is -0.688. The molecule has 156 valence electrons. The van der Waals surface area contributed by atoms with E-state index in [0.717, 1.165) is 28.0 Å². The van der Waals surface area contributed by atoms with Crippen LogP contribution in [0.4, 0.5) is 0 Å². The normalized spacial score (nSPS) is 21.2. The van der Waals surface area contributed by atoms with Crippen molar-refractivity contribution >= 4 is 23.6 Å². The molecule has 0 radical (unpaired) electrons. The van der Waals surface area contributed by atoms with Crippen LogP contribution in [-0.2, 0) is 16.1 Å². The van der Waals surface area contributed by atoms with Crippen molar-refractivity contribution in [2.24, 2.45) is 5.92 Å². The molecule has 2 aromatic rings. The summed E-state index contributed by atoms with van der Waals surface area (Å²) in [5.41, 5.74) is 0.739. The van der Waals surface area contributed by atoms with Crippen LogP contribution >= 0.6 is 11.8 Å². The molecule has 0 saturated carbocycles. The van der Waals surface area contributed by atoms with Crippen LogP contribution in [0.2, 0.25) is 0 Å². The van der Waals surface area contributed by atoms with Gasteiger partial charge in [-0.3, -0.25) is 9.69 Å². The van der Waals surface area contributed by atoms with Crippen LogP contribution in [0, 0.1) is 5.92 Å². The third kappa shape index (κ3) is 3.61. The highest BCUT2D eigenvalue weighted by atomic mass is 32.2. The van der Waals surface area contributed by atoms with E-state index < -0.39 is 29.3 Å². The van der Waals surface area contributed by atoms with Gasteiger partial charge < -0.3 is 24.5 Å². The molecule has 1 aromatic carbocycles. The lowest BCUT2D eigenvalue weighted by atomic mass is 9.92. The molecule has 1 N–H and O–H groups in total. The van der Waals surface area contributed by atoms with Gasteiger partial charge in [-0.25, -0.2) is 4.57 Å². The van der Waals surface area contributed by atoms with E-state index in [0.29, 0.717) is 12.3 Å². The number of carboxylic acid groups (broad SMARTS) is 1. The molecular formula is C21H20N2O6S. The molecule has 1 fully saturated rings. The number of aliphatic hydroxyl groups is 1. The van der Waals surface area contributed by atoms with E-state index in [1.54, 1.807) is 19.2 Å². The Hall–Kier alpha value is -3.04. The number of carboxylic acids is 1. The molecule has 3 heterocycles. The summed E-state index contributed by atoms with van der Waals surface area (Å²) in [4.78, 5) is 24.9. The molecule has 0 aliphatic carbocycles. The van der Waals surface area contributed by atoms with Crippen LogP contribution in [-0.4, -0.2) is 40.5 Å². The first-order valence-corrected chi connectivity index (χ1v) is 10.2. The summed E-state index contributed by atoms with van der Waals surface area (Å²) in [6.45, 7) is 2.16. The van der Waals surface area contributed by atoms with Crippen molar-refractivity contribution < 1.29 is 33.8 Å². The maximum atomic E-state index is 12.2. The lowest BCUT2D eigenvalue weighted by Gasteiger charge is -2.44. The van der Waals surface area contributed by atoms with E-state index in [9.17, 15) is 19.8 Å². The summed E-state index contributed by atoms with van der Waals surface area (Å²) < 4.78 is 12.9. The Bertz CT molecular complexity index is 1000. The number of carbonyl (C=O) groups excluding carboxylic acids is 2. The molecule has 0 bridgehead atoms. The highest BCUT2D eigenvalue weighted by molar-refractivity contribution is 8.03. The van der Waals surface area contributed by atoms with Gasteiger partial charge in [0.05, 0.1) is 25.1 Å². The van der Waals surface area contributed by atoms with Gasteiger partial charge >= 0.3 is 0 Å². The smallest absolute Gasteiger partial charge is 0.236 e. The summed E-state index contributed by atoms with van der Waals surface area (Å²) in [6.07, 6.45) is 2.95. The lowest BCUT2D eigenvalue weighted by Crippen LogP contribution is -2.61. The molecule has 0 spiro atoms. The predicted molar refractivity (Wildman–Crippen MR) is 105 cm³/mol. The van der Waals surface area contributed by atoms with Crippen LogP contribution < -0.4 is 19.1 Å². The molecule has 9 heteroatoms. The van der Waals surface area contributed by atoms with Gasteiger partial charge in [0.2, 0.25) is 5.91 Å². The number of pyridine rings is 1. The first-order chi connectivity index (χ1) is 14.4. The Morgan fingerprint density at radius 2 is 1.90 bits per heavy atom. The van der Waals surface area contributed by atoms with Gasteiger partial charge in [-0.1, -0.05) is 11.8 Å². The van der Waals surface area contributed by atoms with Gasteiger partial charge in [-0.15, -0.1) is 0 Å². The number of fused-ring (bicyclic) bond motifs is 1. The standard InChI is InChI=1S/C21H20N2O6S/c1-12(24)16-18(25)23-17(20(26)27)21(30-19(16)23)29-15-5-3-13(4-6-15)11-22-9-7-14(28-2)8-10-22/h3-10,12,16,19,24H,11H2,1-2H3/t12-,16+,19-/m1/s1. The quantitative estimate of drug-likeness (QED) is 0.498. The maximum Gasteiger partial charge on any atom is 0.236 e. The Morgan fingerprint density at radius 1 is 1.23 bits per heavy atom. The Labute approximate surface area is 177 Å². The third-order valence-electron chi connectivity index (χ3n) is 5.05. The van der Waals surface area contributed by atoms with E-state index in [2.05, 4.69) is 0 Å². The zero-order valence-corrected chi connectivity index (χ0v) is 17.2. The number of aromatic nitrogens is 1. The Morgan fingerprint density at radius 3 is 2.47 bits per heavy atom. The highest BCUT2D eigenvalue weighted by Gasteiger charge is 2.57. The largest absolute Gasteiger partial charge is 0.543 e. The zero-order chi connectivity index (χ0) is 21.4. The number of benzene rings is 1. The van der Waals surface area contributed by atoms with Gasteiger partial charge in [0.15, 0.2) is 24.0 Å². The molecule has 8 nitrogen and oxygen atoms in total. The summed E-state index contributed by atoms with van der Waals surface area (Å²) in [5.74, 6) is -1.35. The minimum atomic E-state index is -1.48. The van der Waals surface area contributed by atoms with Crippen LogP contribution in [0.5, 0.6) is 11.5 Å². The first kappa shape index (κ1) is 20.2. The molecule has 3 atom stereocenters. The van der Waals surface area contributed by atoms with E-state index in [1.807, 2.05) is 41.2 Å². The van der Waals surface area contributed by atoms with E-state index in [4.69, 9.17) is 9.47 Å². The van der Waals surface area contributed by atoms with Crippen LogP contribution in [0.1, 0.15) is 12.5 Å². The van der Waals surface area contributed by atoms with Crippen molar-refractivity contribution in [3.63, 3.8) is 0 Å². The van der Waals surface area contributed by atoms with Crippen molar-refractivity contribution in [1.29, 1.82) is 0 Å². The molecule has 2 aliphatic heterocycles. The van der Waals surface area contributed by atoms with E-state index in [-0.39, 0.29) is 10.8 Å². The molecule has 4 rings (SSSR count). The zero-order valence-electron chi connectivity index (χ0n) is 16.3. The summed E-state index contributed by atoms with van der Waals surface area (Å²) >= 11 is 1.11. The van der Waals surface area contributed by atoms with Crippen LogP contribution in [0.15, 0.2) is 59.6 Å². The molecule has 2 aliphatic rings. The SMILES string of the molecule is COc1cc[n+](Cc2ccc(OC3=C(C(=O)[O-])N4C(=O)[C@H]([C@@H](C)O)[C@H]4S3)cc2)cc1. The third-order valence-corrected chi connectivity index (χ3v) is 6.29. The van der Waals surface area contributed by atoms with Crippen molar-refractivity contribution in [3.8, 4) is 11.5 Å². The van der Waals surface area contributed by atoms with Gasteiger partial charge in [-0.2, -0.15) is 0 Å². The molecule has 30 heavy (non-hydrogen) atoms. The summed E-state index contributed by atoms with van der Waals surface area (Å²) in [6, 6.07) is 11.0. The van der Waals surface area contributed by atoms with Crippen molar-refractivity contribution in [2.45, 2.75) is 24.9 Å². The van der Waals surface area contributed by atoms with Gasteiger partial charge in [0.25, 0.3) is 0 Å². The minimum Gasteiger partial charge on any atom is -0.543 e. The molecular weight excluding hydrogens is 408 g/mol. The topological polar surface area (TPSA) is 103 Å². The minimum absolute atomic E-state index is 0.0915. The Balaban J connectivity index is 1.47. The number of hydrogen-bond donors (Lipinski definition) is 1. The number of aliphatic carboxylic acids is 1. The second-order valence-electron chi connectivity index (χ2n) is 7.06. The van der Waals surface area contributed by atoms with Crippen LogP contribution in [0.3, 0.4) is 0 Å². The number of rotatable bonds is 7. The van der Waals surface area contributed by atoms with Gasteiger partial charge in [-0.05, 0) is 31.2 Å². The molecule has 1 saturated heterocycles. The number of nitrogens with zero attached hydrogens (tertiary/aromatic N) is 2. The monoisotopic (exact) mass is 428 g/mol. The number of amides is 1. The number of ether oxygens (including phenoxy) is 2. The number of thioether (sulfide) groups is 1. The summed E-state index contributed by atoms with van der Waals surface area (Å²) in [5, 5.41) is 21.0. The van der Waals surface area contributed by atoms with E-state index in [1.165, 1.54) is 6.92 Å². The first-order valence-electron chi connectivity index (χ1n) is 9.32. The second-order valence-corrected chi connectivity index (χ2v) is 8.15. The van der Waals surface area contributed by atoms with Crippen LogP contribution in [0.25, 0.3) is 0 Å². The second kappa shape index (κ2) is 8.00. The van der Waals surface area contributed by atoms with Crippen molar-refractivity contribution in [3.05, 3.63) is 65.1 Å². The maximum absolute atomic E-state index is 12.2. The number of β-lactam (4-membered cyclic amide) rings is 1. The summed E-state index contributed by atoms with van der Waals surface area (Å²) in [7, 11) is 1.62. The number of hydrogen-bond acceptors (Lipinski definition) is 7. The van der Waals surface area contributed by atoms with Gasteiger partial charge in [0, 0.05) is 17.7 Å². The van der Waals surface area contributed by atoms with Crippen molar-refractivity contribution in [1.82, 2.24) is 4.90 Å². The van der Waals surface area contributed by atoms with Gasteiger partial charge in [0.1, 0.15) is 22.6 Å². The fourth-order valence-corrected chi connectivity index (χ4v) is 4.94. The number of aliphatic hydroxyl groups excluding tert-OH is 1. The molecule has 1 aromatic heterocycles. The fourth-order valence-electron chi connectivity index (χ4n) is 3.48. The molecule has 0 unspecified atom stereocenters. The highest BCUT2D eigenvalue weighted by Crippen LogP contribution is 2.50. The number of methoxy groups -OCH3 is 1. The van der Waals surface area contributed by atoms with Crippen molar-refractivity contribution in [2.75, 3.05) is 7.11 Å². The average molecular weight is 428 g/mol.